The molecule has 138 valence electrons. The molecule has 1 aromatic heterocycles. The van der Waals surface area contributed by atoms with E-state index in [1.165, 1.54) is 25.7 Å². The molecule has 0 spiro atoms. The van der Waals surface area contributed by atoms with E-state index in [1.54, 1.807) is 16.6 Å². The zero-order valence-corrected chi connectivity index (χ0v) is 15.9. The predicted molar refractivity (Wildman–Crippen MR) is 99.1 cm³/mol. The molecule has 2 saturated heterocycles. The van der Waals surface area contributed by atoms with Crippen molar-refractivity contribution in [2.24, 2.45) is 11.8 Å². The van der Waals surface area contributed by atoms with Crippen molar-refractivity contribution in [2.75, 3.05) is 24.5 Å². The van der Waals surface area contributed by atoms with Crippen LogP contribution in [0.25, 0.3) is 0 Å². The first-order valence-corrected chi connectivity index (χ1v) is 11.2. The Hall–Kier alpha value is -1.14. The normalized spacial score (nSPS) is 31.1. The number of fused-ring (bicyclic) bond motifs is 1. The van der Waals surface area contributed by atoms with Gasteiger partial charge in [-0.2, -0.15) is 4.31 Å². The molecule has 3 unspecified atom stereocenters. The van der Waals surface area contributed by atoms with E-state index in [1.807, 2.05) is 6.07 Å². The maximum Gasteiger partial charge on any atom is 0.244 e. The topological polar surface area (TPSA) is 53.5 Å². The third-order valence-electron chi connectivity index (χ3n) is 6.37. The second kappa shape index (κ2) is 6.88. The van der Waals surface area contributed by atoms with Gasteiger partial charge in [0.15, 0.2) is 0 Å². The molecule has 0 amide bonds. The first kappa shape index (κ1) is 17.3. The molecule has 2 aliphatic heterocycles. The molecule has 4 rings (SSSR count). The number of pyridine rings is 1. The Labute approximate surface area is 151 Å². The van der Waals surface area contributed by atoms with E-state index in [9.17, 15) is 8.42 Å². The molecule has 0 bridgehead atoms. The Morgan fingerprint density at radius 2 is 1.80 bits per heavy atom. The zero-order chi connectivity index (χ0) is 17.4. The van der Waals surface area contributed by atoms with Crippen LogP contribution in [0.1, 0.15) is 51.9 Å². The number of nitrogens with zero attached hydrogens (tertiary/aromatic N) is 3. The summed E-state index contributed by atoms with van der Waals surface area (Å²) in [4.78, 5) is 7.33. The number of aromatic nitrogens is 1. The molecule has 0 N–H and O–H groups in total. The first-order chi connectivity index (χ1) is 12.1. The summed E-state index contributed by atoms with van der Waals surface area (Å²) in [6.45, 7) is 4.66. The summed E-state index contributed by atoms with van der Waals surface area (Å²) >= 11 is 0. The van der Waals surface area contributed by atoms with Crippen LogP contribution in [-0.2, 0) is 10.0 Å². The minimum atomic E-state index is -3.38. The van der Waals surface area contributed by atoms with Crippen LogP contribution < -0.4 is 4.90 Å². The van der Waals surface area contributed by atoms with Gasteiger partial charge in [-0.25, -0.2) is 13.4 Å². The summed E-state index contributed by atoms with van der Waals surface area (Å²) in [5.41, 5.74) is 0. The SMILES string of the molecule is CC1CN(c2ccc(S(=O)(=O)N3CCCCC3)cn2)C2CCCCC12. The smallest absolute Gasteiger partial charge is 0.244 e. The largest absolute Gasteiger partial charge is 0.353 e. The lowest BCUT2D eigenvalue weighted by Gasteiger charge is -2.33. The van der Waals surface area contributed by atoms with Gasteiger partial charge in [-0.3, -0.25) is 0 Å². The van der Waals surface area contributed by atoms with Crippen LogP contribution >= 0.6 is 0 Å². The number of rotatable bonds is 3. The third kappa shape index (κ3) is 3.19. The van der Waals surface area contributed by atoms with Gasteiger partial charge in [-0.05, 0) is 49.7 Å². The molecule has 3 fully saturated rings. The van der Waals surface area contributed by atoms with Crippen LogP contribution in [0.2, 0.25) is 0 Å². The van der Waals surface area contributed by atoms with E-state index >= 15 is 0 Å². The second-order valence-electron chi connectivity index (χ2n) is 7.96. The van der Waals surface area contributed by atoms with Gasteiger partial charge in [0.1, 0.15) is 10.7 Å². The van der Waals surface area contributed by atoms with E-state index in [2.05, 4.69) is 16.8 Å². The fourth-order valence-electron chi connectivity index (χ4n) is 4.98. The highest BCUT2D eigenvalue weighted by atomic mass is 32.2. The quantitative estimate of drug-likeness (QED) is 0.827. The fraction of sp³-hybridized carbons (Fsp3) is 0.737. The van der Waals surface area contributed by atoms with Crippen molar-refractivity contribution < 1.29 is 8.42 Å². The van der Waals surface area contributed by atoms with Gasteiger partial charge in [-0.15, -0.1) is 0 Å². The third-order valence-corrected chi connectivity index (χ3v) is 8.25. The number of piperidine rings is 1. The average molecular weight is 364 g/mol. The van der Waals surface area contributed by atoms with Crippen molar-refractivity contribution in [3.63, 3.8) is 0 Å². The van der Waals surface area contributed by atoms with Gasteiger partial charge >= 0.3 is 0 Å². The predicted octanol–water partition coefficient (Wildman–Crippen LogP) is 3.27. The van der Waals surface area contributed by atoms with E-state index in [0.29, 0.717) is 29.9 Å². The standard InChI is InChI=1S/C19H29N3O2S/c1-15-14-22(18-8-4-3-7-17(15)18)19-10-9-16(13-20-19)25(23,24)21-11-5-2-6-12-21/h9-10,13,15,17-18H,2-8,11-12,14H2,1H3. The fourth-order valence-corrected chi connectivity index (χ4v) is 6.45. The first-order valence-electron chi connectivity index (χ1n) is 9.80. The Morgan fingerprint density at radius 1 is 1.04 bits per heavy atom. The molecule has 6 heteroatoms. The van der Waals surface area contributed by atoms with Gasteiger partial charge in [0, 0.05) is 31.9 Å². The summed E-state index contributed by atoms with van der Waals surface area (Å²) in [6, 6.07) is 4.26. The lowest BCUT2D eigenvalue weighted by molar-refractivity contribution is 0.293. The Balaban J connectivity index is 1.54. The van der Waals surface area contributed by atoms with Gasteiger partial charge in [-0.1, -0.05) is 26.2 Å². The van der Waals surface area contributed by atoms with Crippen LogP contribution in [0, 0.1) is 11.8 Å². The van der Waals surface area contributed by atoms with Crippen LogP contribution in [0.5, 0.6) is 0 Å². The molecule has 3 atom stereocenters. The maximum absolute atomic E-state index is 12.8. The molecular formula is C19H29N3O2S. The van der Waals surface area contributed by atoms with Crippen LogP contribution in [-0.4, -0.2) is 43.4 Å². The molecule has 3 aliphatic rings. The molecular weight excluding hydrogens is 334 g/mol. The van der Waals surface area contributed by atoms with Gasteiger partial charge in [0.2, 0.25) is 10.0 Å². The number of hydrogen-bond donors (Lipinski definition) is 0. The lowest BCUT2D eigenvalue weighted by Crippen LogP contribution is -2.36. The zero-order valence-electron chi connectivity index (χ0n) is 15.1. The number of sulfonamides is 1. The minimum absolute atomic E-state index is 0.339. The molecule has 3 heterocycles. The Kier molecular flexibility index (Phi) is 4.75. The molecule has 25 heavy (non-hydrogen) atoms. The van der Waals surface area contributed by atoms with E-state index in [4.69, 9.17) is 0 Å². The summed E-state index contributed by atoms with van der Waals surface area (Å²) in [7, 11) is -3.38. The monoisotopic (exact) mass is 363 g/mol. The highest BCUT2D eigenvalue weighted by Crippen LogP contribution is 2.41. The van der Waals surface area contributed by atoms with Crippen molar-refractivity contribution >= 4 is 15.8 Å². The molecule has 1 aromatic rings. The molecule has 1 saturated carbocycles. The van der Waals surface area contributed by atoms with Crippen LogP contribution in [0.3, 0.4) is 0 Å². The summed E-state index contributed by atoms with van der Waals surface area (Å²) in [6.07, 6.45) is 9.82. The highest BCUT2D eigenvalue weighted by Gasteiger charge is 2.41. The highest BCUT2D eigenvalue weighted by molar-refractivity contribution is 7.89. The second-order valence-corrected chi connectivity index (χ2v) is 9.90. The van der Waals surface area contributed by atoms with Crippen molar-refractivity contribution in [1.82, 2.24) is 9.29 Å². The average Bonchev–Trinajstić information content (AvgIpc) is 3.00. The Bertz CT molecular complexity index is 698. The summed E-state index contributed by atoms with van der Waals surface area (Å²) in [5.74, 6) is 2.41. The van der Waals surface area contributed by atoms with E-state index in [0.717, 1.165) is 37.5 Å². The van der Waals surface area contributed by atoms with Crippen molar-refractivity contribution in [3.8, 4) is 0 Å². The summed E-state index contributed by atoms with van der Waals surface area (Å²) < 4.78 is 27.2. The van der Waals surface area contributed by atoms with Crippen LogP contribution in [0.15, 0.2) is 23.2 Å². The molecule has 1 aliphatic carbocycles. The number of anilines is 1. The van der Waals surface area contributed by atoms with Crippen molar-refractivity contribution in [2.45, 2.75) is 62.8 Å². The minimum Gasteiger partial charge on any atom is -0.353 e. The van der Waals surface area contributed by atoms with Crippen LogP contribution in [0.4, 0.5) is 5.82 Å². The van der Waals surface area contributed by atoms with E-state index in [-0.39, 0.29) is 0 Å². The van der Waals surface area contributed by atoms with Crippen molar-refractivity contribution in [1.29, 1.82) is 0 Å². The molecule has 0 aromatic carbocycles. The van der Waals surface area contributed by atoms with E-state index < -0.39 is 10.0 Å². The lowest BCUT2D eigenvalue weighted by atomic mass is 9.80. The Morgan fingerprint density at radius 3 is 2.52 bits per heavy atom. The maximum atomic E-state index is 12.8. The van der Waals surface area contributed by atoms with Crippen molar-refractivity contribution in [3.05, 3.63) is 18.3 Å². The number of hydrogen-bond acceptors (Lipinski definition) is 4. The summed E-state index contributed by atoms with van der Waals surface area (Å²) in [5, 5.41) is 0. The van der Waals surface area contributed by atoms with Gasteiger partial charge in [0.25, 0.3) is 0 Å². The molecule has 0 radical (unpaired) electrons. The van der Waals surface area contributed by atoms with Gasteiger partial charge in [0.05, 0.1) is 0 Å². The molecule has 5 nitrogen and oxygen atoms in total. The van der Waals surface area contributed by atoms with Gasteiger partial charge < -0.3 is 4.90 Å².